The average Bonchev–Trinajstić information content (AvgIpc) is 3.28. The molecule has 1 atom stereocenters. The fourth-order valence-corrected chi connectivity index (χ4v) is 3.80. The molecule has 1 aliphatic heterocycles. The highest BCUT2D eigenvalue weighted by molar-refractivity contribution is 5.95. The molecule has 2 aromatic rings. The van der Waals surface area contributed by atoms with Gasteiger partial charge in [0.2, 0.25) is 5.75 Å². The lowest BCUT2D eigenvalue weighted by atomic mass is 10.0. The van der Waals surface area contributed by atoms with Crippen LogP contribution in [0.1, 0.15) is 40.4 Å². The Kier molecular flexibility index (Phi) is 6.99. The summed E-state index contributed by atoms with van der Waals surface area (Å²) in [4.78, 5) is 15.3. The topological polar surface area (TPSA) is 60.0 Å². The zero-order valence-electron chi connectivity index (χ0n) is 17.7. The smallest absolute Gasteiger partial charge is 0.251 e. The van der Waals surface area contributed by atoms with Gasteiger partial charge in [0.25, 0.3) is 5.91 Å². The molecule has 2 aromatic carbocycles. The molecule has 1 saturated heterocycles. The minimum absolute atomic E-state index is 0.157. The van der Waals surface area contributed by atoms with Crippen LogP contribution in [-0.4, -0.2) is 51.8 Å². The number of likely N-dealkylation sites (tertiary alicyclic amines) is 1. The monoisotopic (exact) mass is 398 g/mol. The van der Waals surface area contributed by atoms with Crippen molar-refractivity contribution in [2.24, 2.45) is 0 Å². The molecule has 0 unspecified atom stereocenters. The molecule has 0 radical (unpaired) electrons. The van der Waals surface area contributed by atoms with E-state index >= 15 is 0 Å². The second kappa shape index (κ2) is 9.65. The maximum absolute atomic E-state index is 12.9. The molecule has 6 heteroatoms. The highest BCUT2D eigenvalue weighted by Crippen LogP contribution is 2.38. The first-order valence-electron chi connectivity index (χ1n) is 9.96. The Morgan fingerprint density at radius 2 is 1.59 bits per heavy atom. The van der Waals surface area contributed by atoms with E-state index in [1.807, 2.05) is 0 Å². The van der Waals surface area contributed by atoms with Crippen molar-refractivity contribution in [3.8, 4) is 17.2 Å². The van der Waals surface area contributed by atoms with Crippen LogP contribution in [0.2, 0.25) is 0 Å². The maximum Gasteiger partial charge on any atom is 0.251 e. The summed E-state index contributed by atoms with van der Waals surface area (Å²) in [5.41, 5.74) is 2.93. The lowest BCUT2D eigenvalue weighted by Gasteiger charge is -2.28. The first-order chi connectivity index (χ1) is 14.1. The Bertz CT molecular complexity index is 804. The molecule has 29 heavy (non-hydrogen) atoms. The second-order valence-electron chi connectivity index (χ2n) is 7.29. The van der Waals surface area contributed by atoms with Crippen LogP contribution in [0.3, 0.4) is 0 Å². The van der Waals surface area contributed by atoms with E-state index in [9.17, 15) is 4.79 Å². The van der Waals surface area contributed by atoms with Gasteiger partial charge in [-0.25, -0.2) is 0 Å². The number of nitrogens with zero attached hydrogens (tertiary/aromatic N) is 1. The molecule has 0 bridgehead atoms. The molecule has 156 valence electrons. The van der Waals surface area contributed by atoms with Crippen molar-refractivity contribution in [1.82, 2.24) is 10.2 Å². The van der Waals surface area contributed by atoms with E-state index in [0.29, 0.717) is 29.4 Å². The van der Waals surface area contributed by atoms with Crippen molar-refractivity contribution in [3.05, 3.63) is 53.1 Å². The van der Waals surface area contributed by atoms with Crippen molar-refractivity contribution in [1.29, 1.82) is 0 Å². The normalized spacial score (nSPS) is 15.0. The molecule has 1 aliphatic rings. The van der Waals surface area contributed by atoms with Crippen LogP contribution in [0.15, 0.2) is 36.4 Å². The molecular formula is C23H30N2O4. The van der Waals surface area contributed by atoms with Gasteiger partial charge in [0.1, 0.15) is 0 Å². The quantitative estimate of drug-likeness (QED) is 0.736. The van der Waals surface area contributed by atoms with Gasteiger partial charge in [0.05, 0.1) is 27.4 Å². The summed E-state index contributed by atoms with van der Waals surface area (Å²) in [5, 5.41) is 3.10. The zero-order valence-corrected chi connectivity index (χ0v) is 17.7. The Hall–Kier alpha value is -2.73. The van der Waals surface area contributed by atoms with Crippen molar-refractivity contribution in [2.75, 3.05) is 41.0 Å². The number of carbonyl (C=O) groups excluding carboxylic acids is 1. The first kappa shape index (κ1) is 21.0. The molecule has 6 nitrogen and oxygen atoms in total. The zero-order chi connectivity index (χ0) is 20.8. The van der Waals surface area contributed by atoms with E-state index in [0.717, 1.165) is 13.1 Å². The van der Waals surface area contributed by atoms with Gasteiger partial charge >= 0.3 is 0 Å². The number of rotatable bonds is 8. The third-order valence-corrected chi connectivity index (χ3v) is 5.43. The van der Waals surface area contributed by atoms with Gasteiger partial charge in [-0.3, -0.25) is 9.69 Å². The third-order valence-electron chi connectivity index (χ3n) is 5.43. The maximum atomic E-state index is 12.9. The average molecular weight is 399 g/mol. The third kappa shape index (κ3) is 4.82. The standard InChI is InChI=1S/C23H30N2O4/c1-16-7-9-17(10-8-16)19(25-11-5-6-12-25)15-24-23(26)18-13-20(27-2)22(29-4)21(14-18)28-3/h7-10,13-14,19H,5-6,11-12,15H2,1-4H3,(H,24,26)/t19-/m0/s1. The van der Waals surface area contributed by atoms with Gasteiger partial charge in [0.15, 0.2) is 11.5 Å². The van der Waals surface area contributed by atoms with Gasteiger partial charge in [0, 0.05) is 12.1 Å². The summed E-state index contributed by atoms with van der Waals surface area (Å²) < 4.78 is 16.1. The van der Waals surface area contributed by atoms with Crippen LogP contribution in [0.25, 0.3) is 0 Å². The fourth-order valence-electron chi connectivity index (χ4n) is 3.80. The lowest BCUT2D eigenvalue weighted by molar-refractivity contribution is 0.0937. The van der Waals surface area contributed by atoms with E-state index in [1.165, 1.54) is 24.0 Å². The first-order valence-corrected chi connectivity index (χ1v) is 9.96. The molecule has 1 amide bonds. The number of amides is 1. The molecule has 0 spiro atoms. The summed E-state index contributed by atoms with van der Waals surface area (Å²) in [6.45, 7) is 4.73. The van der Waals surface area contributed by atoms with Crippen LogP contribution >= 0.6 is 0 Å². The number of benzene rings is 2. The van der Waals surface area contributed by atoms with Crippen molar-refractivity contribution >= 4 is 5.91 Å². The van der Waals surface area contributed by atoms with Crippen LogP contribution in [-0.2, 0) is 0 Å². The second-order valence-corrected chi connectivity index (χ2v) is 7.29. The number of ether oxygens (including phenoxy) is 3. The highest BCUT2D eigenvalue weighted by Gasteiger charge is 2.24. The Morgan fingerprint density at radius 1 is 1.00 bits per heavy atom. The molecule has 1 fully saturated rings. The van der Waals surface area contributed by atoms with Crippen LogP contribution in [0, 0.1) is 6.92 Å². The Labute approximate surface area is 172 Å². The SMILES string of the molecule is COc1cc(C(=O)NC[C@@H](c2ccc(C)cc2)N2CCCC2)cc(OC)c1OC. The largest absolute Gasteiger partial charge is 0.493 e. The van der Waals surface area contributed by atoms with E-state index in [1.54, 1.807) is 33.5 Å². The van der Waals surface area contributed by atoms with Crippen LogP contribution in [0.5, 0.6) is 17.2 Å². The summed E-state index contributed by atoms with van der Waals surface area (Å²) in [5.74, 6) is 1.24. The number of nitrogens with one attached hydrogen (secondary N) is 1. The molecule has 1 heterocycles. The molecule has 1 N–H and O–H groups in total. The summed E-state index contributed by atoms with van der Waals surface area (Å²) in [7, 11) is 4.63. The van der Waals surface area contributed by atoms with Crippen molar-refractivity contribution < 1.29 is 19.0 Å². The minimum Gasteiger partial charge on any atom is -0.493 e. The summed E-state index contributed by atoms with van der Waals surface area (Å²) in [6.07, 6.45) is 2.40. The summed E-state index contributed by atoms with van der Waals surface area (Å²) >= 11 is 0. The predicted molar refractivity (Wildman–Crippen MR) is 113 cm³/mol. The molecular weight excluding hydrogens is 368 g/mol. The molecule has 3 rings (SSSR count). The lowest BCUT2D eigenvalue weighted by Crippen LogP contribution is -2.36. The van der Waals surface area contributed by atoms with Gasteiger partial charge in [-0.1, -0.05) is 29.8 Å². The van der Waals surface area contributed by atoms with E-state index in [2.05, 4.69) is 41.4 Å². The fraction of sp³-hybridized carbons (Fsp3) is 0.435. The number of hydrogen-bond acceptors (Lipinski definition) is 5. The van der Waals surface area contributed by atoms with E-state index in [-0.39, 0.29) is 11.9 Å². The number of hydrogen-bond donors (Lipinski definition) is 1. The van der Waals surface area contributed by atoms with E-state index in [4.69, 9.17) is 14.2 Å². The number of methoxy groups -OCH3 is 3. The van der Waals surface area contributed by atoms with Gasteiger partial charge < -0.3 is 19.5 Å². The predicted octanol–water partition coefficient (Wildman–Crippen LogP) is 3.59. The Morgan fingerprint density at radius 3 is 2.10 bits per heavy atom. The van der Waals surface area contributed by atoms with Crippen molar-refractivity contribution in [2.45, 2.75) is 25.8 Å². The minimum atomic E-state index is -0.166. The van der Waals surface area contributed by atoms with Crippen LogP contribution in [0.4, 0.5) is 0 Å². The van der Waals surface area contributed by atoms with Gasteiger partial charge in [-0.05, 0) is 50.6 Å². The van der Waals surface area contributed by atoms with E-state index < -0.39 is 0 Å². The number of carbonyl (C=O) groups is 1. The Balaban J connectivity index is 1.78. The highest BCUT2D eigenvalue weighted by atomic mass is 16.5. The van der Waals surface area contributed by atoms with Gasteiger partial charge in [-0.15, -0.1) is 0 Å². The van der Waals surface area contributed by atoms with Crippen LogP contribution < -0.4 is 19.5 Å². The van der Waals surface area contributed by atoms with Crippen molar-refractivity contribution in [3.63, 3.8) is 0 Å². The van der Waals surface area contributed by atoms with Gasteiger partial charge in [-0.2, -0.15) is 0 Å². The molecule has 0 saturated carbocycles. The molecule has 0 aromatic heterocycles. The number of aryl methyl sites for hydroxylation is 1. The summed E-state index contributed by atoms with van der Waals surface area (Å²) in [6, 6.07) is 12.1. The molecule has 0 aliphatic carbocycles.